The van der Waals surface area contributed by atoms with Gasteiger partial charge in [0.15, 0.2) is 8.32 Å². The highest BCUT2D eigenvalue weighted by Gasteiger charge is 2.45. The van der Waals surface area contributed by atoms with Gasteiger partial charge in [0.25, 0.3) is 0 Å². The summed E-state index contributed by atoms with van der Waals surface area (Å²) in [4.78, 5) is 14.5. The van der Waals surface area contributed by atoms with Crippen molar-refractivity contribution < 1.29 is 14.0 Å². The summed E-state index contributed by atoms with van der Waals surface area (Å²) in [7, 11) is -1.73. The van der Waals surface area contributed by atoms with Crippen LogP contribution in [0.3, 0.4) is 0 Å². The molecule has 1 N–H and O–H groups in total. The molecule has 0 aliphatic carbocycles. The number of nitrogens with one attached hydrogen (secondary N) is 1. The number of carbonyl (C=O) groups excluding carboxylic acids is 1. The van der Waals surface area contributed by atoms with Gasteiger partial charge in [0.2, 0.25) is 0 Å². The van der Waals surface area contributed by atoms with Gasteiger partial charge in [0.1, 0.15) is 5.60 Å². The maximum absolute atomic E-state index is 12.0. The third kappa shape index (κ3) is 5.44. The van der Waals surface area contributed by atoms with Crippen molar-refractivity contribution in [2.75, 3.05) is 13.1 Å². The number of hydrogen-bond acceptors (Lipinski definition) is 4. The normalized spacial score (nSPS) is 28.6. The minimum Gasteiger partial charge on any atom is -0.444 e. The number of rotatable bonds is 3. The summed E-state index contributed by atoms with van der Waals surface area (Å²) in [5.41, 5.74) is -0.447. The van der Waals surface area contributed by atoms with Gasteiger partial charge in [-0.1, -0.05) is 20.8 Å². The van der Waals surface area contributed by atoms with E-state index in [-0.39, 0.29) is 17.2 Å². The van der Waals surface area contributed by atoms with Crippen LogP contribution in [-0.2, 0) is 9.16 Å². The Morgan fingerprint density at radius 2 is 1.72 bits per heavy atom. The molecule has 6 heteroatoms. The summed E-state index contributed by atoms with van der Waals surface area (Å²) < 4.78 is 12.1. The molecular formula is C19H38N2O3Si. The average molecular weight is 371 g/mol. The highest BCUT2D eigenvalue weighted by atomic mass is 28.4. The van der Waals surface area contributed by atoms with Crippen molar-refractivity contribution in [3.8, 4) is 0 Å². The van der Waals surface area contributed by atoms with E-state index in [0.717, 1.165) is 32.4 Å². The van der Waals surface area contributed by atoms with Crippen molar-refractivity contribution in [1.82, 2.24) is 10.2 Å². The topological polar surface area (TPSA) is 50.8 Å². The molecule has 3 atom stereocenters. The number of alkyl carbamates (subject to hydrolysis) is 1. The Bertz CT molecular complexity index is 482. The largest absolute Gasteiger partial charge is 0.444 e. The van der Waals surface area contributed by atoms with Gasteiger partial charge in [0.05, 0.1) is 6.10 Å². The molecular weight excluding hydrogens is 332 g/mol. The standard InChI is InChI=1S/C19H38N2O3Si/c1-18(2,3)23-17(22)20-14-9-10-15-16(11-12-21(15)13-14)24-25(7,8)19(4,5)6/h14-16H,9-13H2,1-8H3,(H,20,22)/t14-,15+,16+/m1/s1. The summed E-state index contributed by atoms with van der Waals surface area (Å²) >= 11 is 0. The number of ether oxygens (including phenoxy) is 1. The molecule has 2 rings (SSSR count). The van der Waals surface area contributed by atoms with Gasteiger partial charge in [-0.25, -0.2) is 4.79 Å². The maximum Gasteiger partial charge on any atom is 0.407 e. The minimum absolute atomic E-state index is 0.178. The van der Waals surface area contributed by atoms with Gasteiger partial charge in [-0.05, 0) is 58.2 Å². The van der Waals surface area contributed by atoms with Crippen molar-refractivity contribution in [2.45, 2.75) is 103 Å². The summed E-state index contributed by atoms with van der Waals surface area (Å²) in [6, 6.07) is 0.684. The Labute approximate surface area is 154 Å². The number of carbonyl (C=O) groups is 1. The first-order chi connectivity index (χ1) is 11.3. The van der Waals surface area contributed by atoms with Crippen LogP contribution < -0.4 is 5.32 Å². The van der Waals surface area contributed by atoms with E-state index >= 15 is 0 Å². The zero-order valence-electron chi connectivity index (χ0n) is 17.4. The average Bonchev–Trinajstić information content (AvgIpc) is 2.77. The van der Waals surface area contributed by atoms with E-state index in [1.54, 1.807) is 0 Å². The lowest BCUT2D eigenvalue weighted by Gasteiger charge is -2.42. The highest BCUT2D eigenvalue weighted by molar-refractivity contribution is 6.74. The fraction of sp³-hybridized carbons (Fsp3) is 0.947. The van der Waals surface area contributed by atoms with Crippen LogP contribution in [0, 0.1) is 0 Å². The van der Waals surface area contributed by atoms with Crippen molar-refractivity contribution >= 4 is 14.4 Å². The van der Waals surface area contributed by atoms with Gasteiger partial charge in [-0.2, -0.15) is 0 Å². The van der Waals surface area contributed by atoms with Crippen LogP contribution in [0.25, 0.3) is 0 Å². The molecule has 2 heterocycles. The Balaban J connectivity index is 1.88. The van der Waals surface area contributed by atoms with E-state index in [2.05, 4.69) is 44.1 Å². The number of hydrogen-bond donors (Lipinski definition) is 1. The van der Waals surface area contributed by atoms with Crippen LogP contribution in [0.2, 0.25) is 18.1 Å². The molecule has 0 saturated carbocycles. The van der Waals surface area contributed by atoms with E-state index < -0.39 is 13.9 Å². The molecule has 2 fully saturated rings. The van der Waals surface area contributed by atoms with Crippen LogP contribution in [0.1, 0.15) is 60.8 Å². The molecule has 146 valence electrons. The predicted octanol–water partition coefficient (Wildman–Crippen LogP) is 4.14. The minimum atomic E-state index is -1.73. The first kappa shape index (κ1) is 20.7. The second-order valence-corrected chi connectivity index (χ2v) is 14.9. The Kier molecular flexibility index (Phi) is 5.96. The Hall–Kier alpha value is -0.593. The third-order valence-electron chi connectivity index (χ3n) is 5.84. The van der Waals surface area contributed by atoms with Gasteiger partial charge >= 0.3 is 6.09 Å². The van der Waals surface area contributed by atoms with Crippen LogP contribution in [0.4, 0.5) is 4.79 Å². The molecule has 2 saturated heterocycles. The zero-order valence-corrected chi connectivity index (χ0v) is 18.4. The van der Waals surface area contributed by atoms with E-state index in [9.17, 15) is 4.79 Å². The smallest absolute Gasteiger partial charge is 0.407 e. The van der Waals surface area contributed by atoms with Gasteiger partial charge in [-0.3, -0.25) is 4.90 Å². The maximum atomic E-state index is 12.0. The van der Waals surface area contributed by atoms with Crippen molar-refractivity contribution in [3.05, 3.63) is 0 Å². The number of piperidine rings is 1. The van der Waals surface area contributed by atoms with Gasteiger partial charge in [0, 0.05) is 25.2 Å². The van der Waals surface area contributed by atoms with Crippen molar-refractivity contribution in [1.29, 1.82) is 0 Å². The van der Waals surface area contributed by atoms with Crippen LogP contribution in [0.15, 0.2) is 0 Å². The molecule has 0 radical (unpaired) electrons. The number of amides is 1. The van der Waals surface area contributed by atoms with Crippen LogP contribution >= 0.6 is 0 Å². The van der Waals surface area contributed by atoms with Crippen molar-refractivity contribution in [3.63, 3.8) is 0 Å². The van der Waals surface area contributed by atoms with Gasteiger partial charge in [-0.15, -0.1) is 0 Å². The van der Waals surface area contributed by atoms with E-state index in [4.69, 9.17) is 9.16 Å². The van der Waals surface area contributed by atoms with E-state index in [0.29, 0.717) is 12.1 Å². The molecule has 0 aromatic rings. The second-order valence-electron chi connectivity index (χ2n) is 10.2. The summed E-state index contributed by atoms with van der Waals surface area (Å²) in [6.07, 6.45) is 3.24. The lowest BCUT2D eigenvalue weighted by molar-refractivity contribution is 0.0427. The van der Waals surface area contributed by atoms with E-state index in [1.807, 2.05) is 20.8 Å². The predicted molar refractivity (Wildman–Crippen MR) is 104 cm³/mol. The third-order valence-corrected chi connectivity index (χ3v) is 10.3. The quantitative estimate of drug-likeness (QED) is 0.759. The SMILES string of the molecule is CC(C)(C)OC(=O)N[C@@H]1CC[C@H]2[C@@H](O[Si](C)(C)C(C)(C)C)CCN2C1. The monoisotopic (exact) mass is 370 g/mol. The van der Waals surface area contributed by atoms with Gasteiger partial charge < -0.3 is 14.5 Å². The molecule has 0 bridgehead atoms. The molecule has 1 amide bonds. The molecule has 0 spiro atoms. The first-order valence-electron chi connectivity index (χ1n) is 9.70. The summed E-state index contributed by atoms with van der Waals surface area (Å²) in [6.45, 7) is 19.2. The molecule has 2 aliphatic rings. The number of nitrogens with zero attached hydrogens (tertiary/aromatic N) is 1. The van der Waals surface area contributed by atoms with Crippen molar-refractivity contribution in [2.24, 2.45) is 0 Å². The Morgan fingerprint density at radius 1 is 1.08 bits per heavy atom. The fourth-order valence-corrected chi connectivity index (χ4v) is 4.90. The molecule has 0 aromatic carbocycles. The summed E-state index contributed by atoms with van der Waals surface area (Å²) in [5.74, 6) is 0. The second kappa shape index (κ2) is 7.20. The van der Waals surface area contributed by atoms with Crippen LogP contribution in [-0.4, -0.2) is 56.2 Å². The van der Waals surface area contributed by atoms with Crippen LogP contribution in [0.5, 0.6) is 0 Å². The molecule has 0 unspecified atom stereocenters. The van der Waals surface area contributed by atoms with E-state index in [1.165, 1.54) is 0 Å². The Morgan fingerprint density at radius 3 is 2.28 bits per heavy atom. The first-order valence-corrected chi connectivity index (χ1v) is 12.6. The molecule has 2 aliphatic heterocycles. The highest BCUT2D eigenvalue weighted by Crippen LogP contribution is 2.40. The number of fused-ring (bicyclic) bond motifs is 1. The lowest BCUT2D eigenvalue weighted by Crippen LogP contribution is -2.54. The molecule has 5 nitrogen and oxygen atoms in total. The fourth-order valence-electron chi connectivity index (χ4n) is 3.51. The zero-order chi connectivity index (χ0) is 19.0. The molecule has 0 aromatic heterocycles. The summed E-state index contributed by atoms with van der Waals surface area (Å²) in [5, 5.41) is 3.29. The molecule has 25 heavy (non-hydrogen) atoms. The lowest BCUT2D eigenvalue weighted by atomic mass is 9.97.